The number of hydrogen-bond acceptors (Lipinski definition) is 3. The Hall–Kier alpha value is -1.86. The maximum absolute atomic E-state index is 14.2. The van der Waals surface area contributed by atoms with Crippen LogP contribution in [0.5, 0.6) is 0 Å². The zero-order chi connectivity index (χ0) is 15.0. The molecule has 2 aromatic heterocycles. The second-order valence-corrected chi connectivity index (χ2v) is 6.10. The highest BCUT2D eigenvalue weighted by atomic mass is 79.9. The average molecular weight is 367 g/mol. The van der Waals surface area contributed by atoms with E-state index in [1.807, 2.05) is 6.07 Å². The standard InChI is InChI=1S/C14H8BrFN2O2S/c15-12-8-2-4-17-10(8)6-9(16)13(12)21-7-1-3-18-11(5-7)14(19)20/h1-6,17H,(H,19,20). The fraction of sp³-hybridized carbons (Fsp3) is 0. The van der Waals surface area contributed by atoms with E-state index in [0.29, 0.717) is 19.8 Å². The van der Waals surface area contributed by atoms with Crippen molar-refractivity contribution in [3.8, 4) is 0 Å². The molecular weight excluding hydrogens is 359 g/mol. The highest BCUT2D eigenvalue weighted by molar-refractivity contribution is 9.10. The van der Waals surface area contributed by atoms with Crippen LogP contribution in [0.25, 0.3) is 10.9 Å². The van der Waals surface area contributed by atoms with Gasteiger partial charge in [0.05, 0.1) is 4.90 Å². The fourth-order valence-corrected chi connectivity index (χ4v) is 3.58. The third kappa shape index (κ3) is 2.66. The number of aromatic carboxylic acids is 1. The van der Waals surface area contributed by atoms with Crippen molar-refractivity contribution >= 4 is 44.6 Å². The van der Waals surface area contributed by atoms with Crippen molar-refractivity contribution in [2.45, 2.75) is 9.79 Å². The summed E-state index contributed by atoms with van der Waals surface area (Å²) < 4.78 is 14.8. The second-order valence-electron chi connectivity index (χ2n) is 4.22. The number of H-pyrrole nitrogens is 1. The number of aromatic nitrogens is 2. The van der Waals surface area contributed by atoms with Crippen LogP contribution >= 0.6 is 27.7 Å². The van der Waals surface area contributed by atoms with Crippen molar-refractivity contribution < 1.29 is 14.3 Å². The topological polar surface area (TPSA) is 66.0 Å². The summed E-state index contributed by atoms with van der Waals surface area (Å²) in [5.41, 5.74) is 0.629. The van der Waals surface area contributed by atoms with E-state index in [9.17, 15) is 9.18 Å². The van der Waals surface area contributed by atoms with Crippen LogP contribution in [0.1, 0.15) is 10.5 Å². The first-order chi connectivity index (χ1) is 10.1. The Balaban J connectivity index is 2.05. The SMILES string of the molecule is O=C(O)c1cc(Sc2c(F)cc3[nH]ccc3c2Br)ccn1. The van der Waals surface area contributed by atoms with Crippen molar-refractivity contribution in [3.05, 3.63) is 52.6 Å². The monoisotopic (exact) mass is 366 g/mol. The number of aromatic amines is 1. The third-order valence-corrected chi connectivity index (χ3v) is 5.05. The summed E-state index contributed by atoms with van der Waals surface area (Å²) in [6.07, 6.45) is 3.13. The molecule has 0 saturated carbocycles. The zero-order valence-corrected chi connectivity index (χ0v) is 12.8. The lowest BCUT2D eigenvalue weighted by Gasteiger charge is -2.07. The average Bonchev–Trinajstić information content (AvgIpc) is 2.92. The van der Waals surface area contributed by atoms with Crippen molar-refractivity contribution in [2.75, 3.05) is 0 Å². The van der Waals surface area contributed by atoms with E-state index >= 15 is 0 Å². The van der Waals surface area contributed by atoms with E-state index in [2.05, 4.69) is 25.9 Å². The predicted molar refractivity (Wildman–Crippen MR) is 81.3 cm³/mol. The van der Waals surface area contributed by atoms with Gasteiger partial charge < -0.3 is 10.1 Å². The van der Waals surface area contributed by atoms with Crippen LogP contribution in [0.3, 0.4) is 0 Å². The number of hydrogen-bond donors (Lipinski definition) is 2. The highest BCUT2D eigenvalue weighted by Gasteiger charge is 2.15. The molecule has 0 aliphatic rings. The van der Waals surface area contributed by atoms with Crippen LogP contribution in [0.2, 0.25) is 0 Å². The molecule has 106 valence electrons. The van der Waals surface area contributed by atoms with Crippen LogP contribution in [-0.4, -0.2) is 21.0 Å². The second kappa shape index (κ2) is 5.50. The van der Waals surface area contributed by atoms with E-state index in [0.717, 1.165) is 17.1 Å². The molecule has 0 spiro atoms. The summed E-state index contributed by atoms with van der Waals surface area (Å²) in [5.74, 6) is -1.49. The van der Waals surface area contributed by atoms with Crippen LogP contribution in [-0.2, 0) is 0 Å². The minimum Gasteiger partial charge on any atom is -0.477 e. The molecule has 4 nitrogen and oxygen atoms in total. The van der Waals surface area contributed by atoms with Gasteiger partial charge in [0, 0.05) is 32.7 Å². The van der Waals surface area contributed by atoms with E-state index in [1.165, 1.54) is 18.3 Å². The fourth-order valence-electron chi connectivity index (χ4n) is 1.92. The molecule has 3 aromatic rings. The Morgan fingerprint density at radius 1 is 1.38 bits per heavy atom. The van der Waals surface area contributed by atoms with Gasteiger partial charge in [-0.2, -0.15) is 0 Å². The first-order valence-electron chi connectivity index (χ1n) is 5.88. The number of carbonyl (C=O) groups is 1. The van der Waals surface area contributed by atoms with Gasteiger partial charge in [0.25, 0.3) is 0 Å². The quantitative estimate of drug-likeness (QED) is 0.724. The molecule has 0 radical (unpaired) electrons. The van der Waals surface area contributed by atoms with Crippen molar-refractivity contribution in [2.24, 2.45) is 0 Å². The predicted octanol–water partition coefficient (Wildman–Crippen LogP) is 4.31. The smallest absolute Gasteiger partial charge is 0.354 e. The van der Waals surface area contributed by atoms with E-state index < -0.39 is 5.97 Å². The number of rotatable bonds is 3. The number of pyridine rings is 1. The summed E-state index contributed by atoms with van der Waals surface area (Å²) >= 11 is 4.56. The Kier molecular flexibility index (Phi) is 3.69. The molecule has 0 atom stereocenters. The molecule has 0 fully saturated rings. The lowest BCUT2D eigenvalue weighted by Crippen LogP contribution is -1.99. The summed E-state index contributed by atoms with van der Waals surface area (Å²) in [6.45, 7) is 0. The number of benzene rings is 1. The molecule has 0 unspecified atom stereocenters. The van der Waals surface area contributed by atoms with Gasteiger partial charge in [-0.1, -0.05) is 11.8 Å². The Labute approximate surface area is 131 Å². The van der Waals surface area contributed by atoms with Gasteiger partial charge in [-0.25, -0.2) is 14.2 Å². The number of carboxylic acids is 1. The molecule has 21 heavy (non-hydrogen) atoms. The van der Waals surface area contributed by atoms with E-state index in [-0.39, 0.29) is 11.5 Å². The molecule has 3 rings (SSSR count). The first kappa shape index (κ1) is 14.1. The lowest BCUT2D eigenvalue weighted by atomic mass is 10.2. The number of fused-ring (bicyclic) bond motifs is 1. The summed E-state index contributed by atoms with van der Waals surface area (Å²) in [5, 5.41) is 9.81. The number of carboxylic acid groups (broad SMARTS) is 1. The van der Waals surface area contributed by atoms with Crippen molar-refractivity contribution in [3.63, 3.8) is 0 Å². The molecule has 0 amide bonds. The summed E-state index contributed by atoms with van der Waals surface area (Å²) in [7, 11) is 0. The molecule has 0 saturated heterocycles. The van der Waals surface area contributed by atoms with Crippen molar-refractivity contribution in [1.82, 2.24) is 9.97 Å². The Morgan fingerprint density at radius 2 is 2.19 bits per heavy atom. The first-order valence-corrected chi connectivity index (χ1v) is 7.49. The maximum atomic E-state index is 14.2. The van der Waals surface area contributed by atoms with E-state index in [1.54, 1.807) is 12.3 Å². The number of nitrogens with one attached hydrogen (secondary N) is 1. The van der Waals surface area contributed by atoms with Crippen molar-refractivity contribution in [1.29, 1.82) is 0 Å². The van der Waals surface area contributed by atoms with E-state index in [4.69, 9.17) is 5.11 Å². The summed E-state index contributed by atoms with van der Waals surface area (Å²) in [6, 6.07) is 6.32. The van der Waals surface area contributed by atoms with Gasteiger partial charge in [0.15, 0.2) is 0 Å². The maximum Gasteiger partial charge on any atom is 0.354 e. The van der Waals surface area contributed by atoms with Gasteiger partial charge >= 0.3 is 5.97 Å². The molecular formula is C14H8BrFN2O2S. The number of halogens is 2. The highest BCUT2D eigenvalue weighted by Crippen LogP contribution is 2.39. The molecule has 0 aliphatic heterocycles. The van der Waals surface area contributed by atoms with Gasteiger partial charge in [-0.15, -0.1) is 0 Å². The van der Waals surface area contributed by atoms with Crippen LogP contribution in [0.4, 0.5) is 4.39 Å². The van der Waals surface area contributed by atoms with Crippen LogP contribution in [0.15, 0.2) is 50.9 Å². The lowest BCUT2D eigenvalue weighted by molar-refractivity contribution is 0.0690. The third-order valence-electron chi connectivity index (χ3n) is 2.87. The molecule has 1 aromatic carbocycles. The molecule has 7 heteroatoms. The Bertz CT molecular complexity index is 850. The molecule has 2 N–H and O–H groups in total. The zero-order valence-electron chi connectivity index (χ0n) is 10.4. The van der Waals surface area contributed by atoms with Gasteiger partial charge in [0.2, 0.25) is 0 Å². The Morgan fingerprint density at radius 3 is 2.95 bits per heavy atom. The number of nitrogens with zero attached hydrogens (tertiary/aromatic N) is 1. The van der Waals surface area contributed by atoms with Gasteiger partial charge in [-0.3, -0.25) is 0 Å². The normalized spacial score (nSPS) is 11.0. The van der Waals surface area contributed by atoms with Gasteiger partial charge in [-0.05, 0) is 40.2 Å². The summed E-state index contributed by atoms with van der Waals surface area (Å²) in [4.78, 5) is 18.6. The molecule has 0 aliphatic carbocycles. The van der Waals surface area contributed by atoms with Crippen LogP contribution < -0.4 is 0 Å². The minimum atomic E-state index is -1.11. The van der Waals surface area contributed by atoms with Gasteiger partial charge in [0.1, 0.15) is 11.5 Å². The largest absolute Gasteiger partial charge is 0.477 e. The van der Waals surface area contributed by atoms with Crippen LogP contribution in [0, 0.1) is 5.82 Å². The molecule has 0 bridgehead atoms. The minimum absolute atomic E-state index is 0.0701. The molecule has 2 heterocycles.